The number of rotatable bonds is 9. The topological polar surface area (TPSA) is 0 Å². The molecule has 22 heavy (non-hydrogen) atoms. The number of hydrogen-bond donors (Lipinski definition) is 1. The first kappa shape index (κ1) is 17.1. The van der Waals surface area contributed by atoms with Gasteiger partial charge in [-0.15, -0.1) is 12.6 Å². The van der Waals surface area contributed by atoms with Crippen LogP contribution in [0.3, 0.4) is 0 Å². The summed E-state index contributed by atoms with van der Waals surface area (Å²) in [6, 6.07) is 17.7. The summed E-state index contributed by atoms with van der Waals surface area (Å²) in [5.74, 6) is 0. The van der Waals surface area contributed by atoms with Gasteiger partial charge in [-0.1, -0.05) is 69.0 Å². The Labute approximate surface area is 141 Å². The minimum Gasteiger partial charge on any atom is -0.143 e. The van der Waals surface area contributed by atoms with Crippen molar-refractivity contribution in [2.45, 2.75) is 63.2 Å². The van der Waals surface area contributed by atoms with E-state index in [0.717, 1.165) is 17.7 Å². The predicted molar refractivity (Wildman–Crippen MR) is 100 cm³/mol. The van der Waals surface area contributed by atoms with E-state index in [1.807, 2.05) is 0 Å². The second-order valence-corrected chi connectivity index (χ2v) is 6.66. The number of thiol groups is 1. The highest BCUT2D eigenvalue weighted by molar-refractivity contribution is 7.80. The van der Waals surface area contributed by atoms with Gasteiger partial charge in [0.05, 0.1) is 0 Å². The zero-order valence-electron chi connectivity index (χ0n) is 13.7. The summed E-state index contributed by atoms with van der Waals surface area (Å²) in [6.07, 6.45) is 10.2. The van der Waals surface area contributed by atoms with Crippen molar-refractivity contribution in [1.29, 1.82) is 0 Å². The maximum Gasteiger partial charge on any atom is 0.00401 e. The fraction of sp³-hybridized carbons (Fsp3) is 0.429. The fourth-order valence-electron chi connectivity index (χ4n) is 2.76. The Morgan fingerprint density at radius 3 is 1.59 bits per heavy atom. The van der Waals surface area contributed by atoms with Crippen molar-refractivity contribution in [1.82, 2.24) is 0 Å². The predicted octanol–water partition coefficient (Wildman–Crippen LogP) is 6.27. The van der Waals surface area contributed by atoms with Crippen LogP contribution in [-0.2, 0) is 19.3 Å². The van der Waals surface area contributed by atoms with E-state index in [2.05, 4.69) is 68.1 Å². The molecular weight excluding hydrogens is 284 g/mol. The maximum atomic E-state index is 4.33. The van der Waals surface area contributed by atoms with E-state index in [9.17, 15) is 0 Å². The Kier molecular flexibility index (Phi) is 7.59. The molecule has 0 saturated heterocycles. The molecule has 0 fully saturated rings. The van der Waals surface area contributed by atoms with E-state index in [4.69, 9.17) is 0 Å². The van der Waals surface area contributed by atoms with Gasteiger partial charge in [0, 0.05) is 4.90 Å². The van der Waals surface area contributed by atoms with Crippen LogP contribution in [0.2, 0.25) is 0 Å². The molecule has 0 aliphatic heterocycles. The summed E-state index contributed by atoms with van der Waals surface area (Å²) in [6.45, 7) is 2.27. The van der Waals surface area contributed by atoms with Gasteiger partial charge in [-0.25, -0.2) is 0 Å². The minimum absolute atomic E-state index is 1.03. The van der Waals surface area contributed by atoms with Crippen LogP contribution in [0.5, 0.6) is 0 Å². The molecule has 0 atom stereocenters. The average Bonchev–Trinajstić information content (AvgIpc) is 2.55. The molecule has 2 aromatic rings. The van der Waals surface area contributed by atoms with Crippen molar-refractivity contribution >= 4 is 12.6 Å². The first-order chi connectivity index (χ1) is 10.8. The van der Waals surface area contributed by atoms with Gasteiger partial charge in [0.1, 0.15) is 0 Å². The normalized spacial score (nSPS) is 10.8. The van der Waals surface area contributed by atoms with Crippen LogP contribution >= 0.6 is 12.6 Å². The van der Waals surface area contributed by atoms with Gasteiger partial charge in [-0.3, -0.25) is 0 Å². The molecule has 0 spiro atoms. The van der Waals surface area contributed by atoms with Crippen LogP contribution in [0.1, 0.15) is 55.7 Å². The highest BCUT2D eigenvalue weighted by Gasteiger charge is 1.98. The van der Waals surface area contributed by atoms with Crippen molar-refractivity contribution in [2.75, 3.05) is 0 Å². The molecule has 0 aliphatic carbocycles. The van der Waals surface area contributed by atoms with Gasteiger partial charge >= 0.3 is 0 Å². The van der Waals surface area contributed by atoms with E-state index >= 15 is 0 Å². The van der Waals surface area contributed by atoms with Crippen molar-refractivity contribution < 1.29 is 0 Å². The van der Waals surface area contributed by atoms with E-state index < -0.39 is 0 Å². The van der Waals surface area contributed by atoms with Gasteiger partial charge in [-0.2, -0.15) is 0 Å². The zero-order chi connectivity index (χ0) is 15.6. The monoisotopic (exact) mass is 312 g/mol. The second-order valence-electron chi connectivity index (χ2n) is 6.15. The summed E-state index contributed by atoms with van der Waals surface area (Å²) in [5.41, 5.74) is 4.31. The van der Waals surface area contributed by atoms with Crippen molar-refractivity contribution in [3.63, 3.8) is 0 Å². The number of unbranched alkanes of at least 4 members (excludes halogenated alkanes) is 4. The first-order valence-corrected chi connectivity index (χ1v) is 9.08. The molecule has 0 unspecified atom stereocenters. The molecule has 0 amide bonds. The van der Waals surface area contributed by atoms with E-state index in [-0.39, 0.29) is 0 Å². The largest absolute Gasteiger partial charge is 0.143 e. The molecule has 1 heteroatoms. The van der Waals surface area contributed by atoms with Crippen LogP contribution in [0, 0.1) is 0 Å². The zero-order valence-corrected chi connectivity index (χ0v) is 14.6. The fourth-order valence-corrected chi connectivity index (χ4v) is 2.91. The minimum atomic E-state index is 1.03. The summed E-state index contributed by atoms with van der Waals surface area (Å²) < 4.78 is 0. The highest BCUT2D eigenvalue weighted by atomic mass is 32.1. The van der Waals surface area contributed by atoms with Crippen molar-refractivity contribution in [3.8, 4) is 0 Å². The van der Waals surface area contributed by atoms with Crippen LogP contribution in [0.25, 0.3) is 0 Å². The van der Waals surface area contributed by atoms with Crippen LogP contribution in [0.4, 0.5) is 0 Å². The Morgan fingerprint density at radius 2 is 1.05 bits per heavy atom. The maximum absolute atomic E-state index is 4.33. The highest BCUT2D eigenvalue weighted by Crippen LogP contribution is 2.13. The Bertz CT molecular complexity index is 525. The van der Waals surface area contributed by atoms with Gasteiger partial charge in [0.15, 0.2) is 0 Å². The number of aryl methyl sites for hydroxylation is 3. The lowest BCUT2D eigenvalue weighted by Crippen LogP contribution is -1.92. The molecule has 2 aromatic carbocycles. The van der Waals surface area contributed by atoms with Crippen LogP contribution < -0.4 is 0 Å². The standard InChI is InChI=1S/C21H28S/c1-2-3-4-5-6-7-18-8-10-19(11-9-18)12-13-20-14-16-21(22)17-15-20/h8-11,14-17,22H,2-7,12-13H2,1H3. The smallest absolute Gasteiger partial charge is 0.00401 e. The molecule has 0 radical (unpaired) electrons. The third kappa shape index (κ3) is 6.27. The SMILES string of the molecule is CCCCCCCc1ccc(CCc2ccc(S)cc2)cc1. The molecule has 118 valence electrons. The summed E-state index contributed by atoms with van der Waals surface area (Å²) >= 11 is 4.33. The lowest BCUT2D eigenvalue weighted by molar-refractivity contribution is 0.632. The van der Waals surface area contributed by atoms with Gasteiger partial charge < -0.3 is 0 Å². The number of benzene rings is 2. The van der Waals surface area contributed by atoms with E-state index in [0.29, 0.717) is 0 Å². The van der Waals surface area contributed by atoms with Crippen molar-refractivity contribution in [2.24, 2.45) is 0 Å². The average molecular weight is 313 g/mol. The van der Waals surface area contributed by atoms with E-state index in [1.165, 1.54) is 55.2 Å². The van der Waals surface area contributed by atoms with E-state index in [1.54, 1.807) is 0 Å². The quantitative estimate of drug-likeness (QED) is 0.409. The Balaban J connectivity index is 1.73. The summed E-state index contributed by atoms with van der Waals surface area (Å²) in [7, 11) is 0. The molecule has 0 aromatic heterocycles. The summed E-state index contributed by atoms with van der Waals surface area (Å²) in [4.78, 5) is 1.03. The molecule has 0 heterocycles. The van der Waals surface area contributed by atoms with Crippen molar-refractivity contribution in [3.05, 3.63) is 65.2 Å². The second kappa shape index (κ2) is 9.74. The van der Waals surface area contributed by atoms with Gasteiger partial charge in [0.2, 0.25) is 0 Å². The lowest BCUT2D eigenvalue weighted by atomic mass is 10.0. The Morgan fingerprint density at radius 1 is 0.591 bits per heavy atom. The molecule has 0 aliphatic rings. The van der Waals surface area contributed by atoms with Gasteiger partial charge in [0.25, 0.3) is 0 Å². The molecule has 0 saturated carbocycles. The molecule has 0 nitrogen and oxygen atoms in total. The van der Waals surface area contributed by atoms with Gasteiger partial charge in [-0.05, 0) is 54.5 Å². The summed E-state index contributed by atoms with van der Waals surface area (Å²) in [5, 5.41) is 0. The molecule has 2 rings (SSSR count). The number of hydrogen-bond acceptors (Lipinski definition) is 1. The third-order valence-corrected chi connectivity index (χ3v) is 4.53. The molecule has 0 bridgehead atoms. The first-order valence-electron chi connectivity index (χ1n) is 8.63. The lowest BCUT2D eigenvalue weighted by Gasteiger charge is -2.05. The third-order valence-electron chi connectivity index (χ3n) is 4.23. The molecular formula is C21H28S. The van der Waals surface area contributed by atoms with Crippen LogP contribution in [0.15, 0.2) is 53.4 Å². The Hall–Kier alpha value is -1.21. The molecule has 0 N–H and O–H groups in total. The van der Waals surface area contributed by atoms with Crippen LogP contribution in [-0.4, -0.2) is 0 Å².